The zero-order valence-corrected chi connectivity index (χ0v) is 14.7. The average Bonchev–Trinajstić information content (AvgIpc) is 3.37. The summed E-state index contributed by atoms with van der Waals surface area (Å²) in [5.74, 6) is 0.983. The Morgan fingerprint density at radius 2 is 2.19 bits per heavy atom. The highest BCUT2D eigenvalue weighted by atomic mass is 16.3. The first-order chi connectivity index (χ1) is 13.2. The number of nitrogens with zero attached hydrogens (tertiary/aromatic N) is 2. The van der Waals surface area contributed by atoms with E-state index in [1.54, 1.807) is 24.4 Å². The number of imidazole rings is 1. The van der Waals surface area contributed by atoms with Crippen molar-refractivity contribution >= 4 is 17.5 Å². The minimum Gasteiger partial charge on any atom is -0.459 e. The van der Waals surface area contributed by atoms with Crippen LogP contribution in [-0.4, -0.2) is 21.4 Å². The van der Waals surface area contributed by atoms with Crippen LogP contribution in [-0.2, 0) is 24.3 Å². The van der Waals surface area contributed by atoms with Crippen molar-refractivity contribution in [1.82, 2.24) is 14.9 Å². The van der Waals surface area contributed by atoms with E-state index in [4.69, 9.17) is 4.42 Å². The number of nitrogens with one attached hydrogen (secondary N) is 2. The Morgan fingerprint density at radius 1 is 1.26 bits per heavy atom. The highest BCUT2D eigenvalue weighted by Crippen LogP contribution is 2.19. The molecule has 0 unspecified atom stereocenters. The second-order valence-electron chi connectivity index (χ2n) is 6.58. The first-order valence-electron chi connectivity index (χ1n) is 8.90. The molecule has 0 fully saturated rings. The molecule has 2 N–H and O–H groups in total. The van der Waals surface area contributed by atoms with Gasteiger partial charge in [-0.25, -0.2) is 4.98 Å². The highest BCUT2D eigenvalue weighted by Gasteiger charge is 2.24. The monoisotopic (exact) mass is 364 g/mol. The van der Waals surface area contributed by atoms with Crippen LogP contribution < -0.4 is 10.6 Å². The summed E-state index contributed by atoms with van der Waals surface area (Å²) in [6.07, 6.45) is 6.78. The Labute approximate surface area is 156 Å². The fourth-order valence-corrected chi connectivity index (χ4v) is 3.27. The standard InChI is InChI=1S/C20H20N4O3/c25-19(15-6-7-18-21-8-9-24(18)13-15)22-12-14-3-1-4-16(11-14)23-20(26)17-5-2-10-27-17/h1-5,8-11,15H,6-7,12-13H2,(H,22,25)(H,23,26)/t15-/m1/s1. The van der Waals surface area contributed by atoms with Crippen molar-refractivity contribution < 1.29 is 14.0 Å². The molecule has 1 aliphatic heterocycles. The van der Waals surface area contributed by atoms with Crippen LogP contribution in [0.5, 0.6) is 0 Å². The van der Waals surface area contributed by atoms with Crippen LogP contribution in [0.4, 0.5) is 5.69 Å². The van der Waals surface area contributed by atoms with E-state index >= 15 is 0 Å². The fourth-order valence-electron chi connectivity index (χ4n) is 3.27. The van der Waals surface area contributed by atoms with Crippen molar-refractivity contribution in [2.45, 2.75) is 25.9 Å². The van der Waals surface area contributed by atoms with E-state index in [9.17, 15) is 9.59 Å². The molecule has 7 nitrogen and oxygen atoms in total. The minimum atomic E-state index is -0.306. The van der Waals surface area contributed by atoms with E-state index in [0.717, 1.165) is 24.2 Å². The Hall–Kier alpha value is -3.35. The van der Waals surface area contributed by atoms with Gasteiger partial charge in [-0.2, -0.15) is 0 Å². The molecule has 7 heteroatoms. The van der Waals surface area contributed by atoms with Crippen LogP contribution in [0.3, 0.4) is 0 Å². The SMILES string of the molecule is O=C(Nc1cccc(CNC(=O)[C@@H]2CCc3nccn3C2)c1)c1ccco1. The lowest BCUT2D eigenvalue weighted by Crippen LogP contribution is -2.35. The van der Waals surface area contributed by atoms with Crippen molar-refractivity contribution in [3.63, 3.8) is 0 Å². The zero-order chi connectivity index (χ0) is 18.6. The van der Waals surface area contributed by atoms with Gasteiger partial charge in [-0.1, -0.05) is 12.1 Å². The summed E-state index contributed by atoms with van der Waals surface area (Å²) < 4.78 is 7.13. The summed E-state index contributed by atoms with van der Waals surface area (Å²) in [4.78, 5) is 28.8. The van der Waals surface area contributed by atoms with E-state index in [0.29, 0.717) is 18.8 Å². The van der Waals surface area contributed by atoms with Crippen LogP contribution in [0.2, 0.25) is 0 Å². The summed E-state index contributed by atoms with van der Waals surface area (Å²) >= 11 is 0. The number of anilines is 1. The van der Waals surface area contributed by atoms with Crippen molar-refractivity contribution in [3.8, 4) is 0 Å². The smallest absolute Gasteiger partial charge is 0.291 e. The van der Waals surface area contributed by atoms with Gasteiger partial charge in [0.1, 0.15) is 5.82 Å². The van der Waals surface area contributed by atoms with Gasteiger partial charge in [-0.3, -0.25) is 9.59 Å². The first-order valence-corrected chi connectivity index (χ1v) is 8.90. The summed E-state index contributed by atoms with van der Waals surface area (Å²) in [6.45, 7) is 1.08. The van der Waals surface area contributed by atoms with Gasteiger partial charge in [0.15, 0.2) is 5.76 Å². The number of hydrogen-bond donors (Lipinski definition) is 2. The predicted octanol–water partition coefficient (Wildman–Crippen LogP) is 2.61. The van der Waals surface area contributed by atoms with E-state index < -0.39 is 0 Å². The molecule has 3 heterocycles. The predicted molar refractivity (Wildman–Crippen MR) is 99.0 cm³/mol. The van der Waals surface area contributed by atoms with Gasteiger partial charge in [0, 0.05) is 37.6 Å². The van der Waals surface area contributed by atoms with Crippen LogP contribution in [0.25, 0.3) is 0 Å². The van der Waals surface area contributed by atoms with E-state index in [-0.39, 0.29) is 23.5 Å². The molecule has 2 amide bonds. The summed E-state index contributed by atoms with van der Waals surface area (Å²) in [5.41, 5.74) is 1.57. The van der Waals surface area contributed by atoms with Crippen molar-refractivity contribution in [2.24, 2.45) is 5.92 Å². The fraction of sp³-hybridized carbons (Fsp3) is 0.250. The molecular formula is C20H20N4O3. The molecule has 138 valence electrons. The quantitative estimate of drug-likeness (QED) is 0.728. The van der Waals surface area contributed by atoms with Gasteiger partial charge in [-0.05, 0) is 36.2 Å². The molecule has 2 aromatic heterocycles. The number of amides is 2. The van der Waals surface area contributed by atoms with Crippen LogP contribution in [0.1, 0.15) is 28.4 Å². The van der Waals surface area contributed by atoms with Crippen LogP contribution in [0, 0.1) is 5.92 Å². The van der Waals surface area contributed by atoms with E-state index in [1.165, 1.54) is 6.26 Å². The molecule has 4 rings (SSSR count). The Balaban J connectivity index is 1.33. The largest absolute Gasteiger partial charge is 0.459 e. The molecule has 1 atom stereocenters. The molecule has 0 radical (unpaired) electrons. The third-order valence-electron chi connectivity index (χ3n) is 4.70. The van der Waals surface area contributed by atoms with Crippen LogP contribution in [0.15, 0.2) is 59.5 Å². The summed E-state index contributed by atoms with van der Waals surface area (Å²) in [7, 11) is 0. The summed E-state index contributed by atoms with van der Waals surface area (Å²) in [6, 6.07) is 10.7. The van der Waals surface area contributed by atoms with Gasteiger partial charge in [0.2, 0.25) is 5.91 Å². The topological polar surface area (TPSA) is 89.2 Å². The molecule has 0 aliphatic carbocycles. The van der Waals surface area contributed by atoms with E-state index in [1.807, 2.05) is 29.0 Å². The Bertz CT molecular complexity index is 946. The maximum Gasteiger partial charge on any atom is 0.291 e. The van der Waals surface area contributed by atoms with Gasteiger partial charge >= 0.3 is 0 Å². The second-order valence-corrected chi connectivity index (χ2v) is 6.58. The maximum atomic E-state index is 12.5. The number of furan rings is 1. The lowest BCUT2D eigenvalue weighted by atomic mass is 9.98. The number of aryl methyl sites for hydroxylation is 1. The lowest BCUT2D eigenvalue weighted by molar-refractivity contribution is -0.126. The van der Waals surface area contributed by atoms with Crippen molar-refractivity contribution in [2.75, 3.05) is 5.32 Å². The average molecular weight is 364 g/mol. The molecule has 0 saturated carbocycles. The molecule has 27 heavy (non-hydrogen) atoms. The van der Waals surface area contributed by atoms with Gasteiger partial charge in [0.05, 0.1) is 12.2 Å². The molecule has 0 spiro atoms. The lowest BCUT2D eigenvalue weighted by Gasteiger charge is -2.23. The highest BCUT2D eigenvalue weighted by molar-refractivity contribution is 6.02. The van der Waals surface area contributed by atoms with Crippen molar-refractivity contribution in [3.05, 3.63) is 72.2 Å². The normalized spacial score (nSPS) is 15.8. The number of benzene rings is 1. The molecule has 1 aliphatic rings. The molecular weight excluding hydrogens is 344 g/mol. The number of carbonyl (C=O) groups is 2. The van der Waals surface area contributed by atoms with Gasteiger partial charge < -0.3 is 19.6 Å². The number of fused-ring (bicyclic) bond motifs is 1. The molecule has 0 bridgehead atoms. The van der Waals surface area contributed by atoms with Gasteiger partial charge in [-0.15, -0.1) is 0 Å². The molecule has 3 aromatic rings. The number of rotatable bonds is 5. The second kappa shape index (κ2) is 7.49. The zero-order valence-electron chi connectivity index (χ0n) is 14.7. The third kappa shape index (κ3) is 3.92. The molecule has 1 aromatic carbocycles. The number of carbonyl (C=O) groups excluding carboxylic acids is 2. The Kier molecular flexibility index (Phi) is 4.74. The minimum absolute atomic E-state index is 0.0411. The number of hydrogen-bond acceptors (Lipinski definition) is 4. The number of aromatic nitrogens is 2. The van der Waals surface area contributed by atoms with Gasteiger partial charge in [0.25, 0.3) is 5.91 Å². The van der Waals surface area contributed by atoms with Crippen LogP contribution >= 0.6 is 0 Å². The first kappa shape index (κ1) is 17.1. The Morgan fingerprint density at radius 3 is 3.04 bits per heavy atom. The van der Waals surface area contributed by atoms with Crippen molar-refractivity contribution in [1.29, 1.82) is 0 Å². The third-order valence-corrected chi connectivity index (χ3v) is 4.70. The van der Waals surface area contributed by atoms with E-state index in [2.05, 4.69) is 15.6 Å². The maximum absolute atomic E-state index is 12.5. The molecule has 0 saturated heterocycles. The summed E-state index contributed by atoms with van der Waals surface area (Å²) in [5, 5.41) is 5.78.